The van der Waals surface area contributed by atoms with Crippen molar-refractivity contribution in [2.24, 2.45) is 10.9 Å². The number of hydrogen-bond acceptors (Lipinski definition) is 4. The zero-order valence-corrected chi connectivity index (χ0v) is 16.0. The van der Waals surface area contributed by atoms with Gasteiger partial charge in [-0.25, -0.2) is 0 Å². The maximum absolute atomic E-state index is 11.7. The maximum Gasteiger partial charge on any atom is 0.325 e. The van der Waals surface area contributed by atoms with Crippen molar-refractivity contribution >= 4 is 11.9 Å². The highest BCUT2D eigenvalue weighted by atomic mass is 16.6. The minimum Gasteiger partial charge on any atom is -0.459 e. The topological polar surface area (TPSA) is 72.0 Å². The van der Waals surface area contributed by atoms with E-state index in [1.165, 1.54) is 0 Å². The van der Waals surface area contributed by atoms with E-state index in [0.717, 1.165) is 5.56 Å². The Kier molecular flexibility index (Phi) is 8.99. The van der Waals surface area contributed by atoms with E-state index in [1.807, 2.05) is 51.1 Å². The van der Waals surface area contributed by atoms with Crippen molar-refractivity contribution in [3.05, 3.63) is 35.9 Å². The lowest BCUT2D eigenvalue weighted by atomic mass is 10.2. The fourth-order valence-electron chi connectivity index (χ4n) is 2.04. The SMILES string of the molecule is CN=C(NCC(=O)OC(C)(C)C)NCC(C)COCc1ccccc1. The first-order valence-corrected chi connectivity index (χ1v) is 8.58. The second kappa shape index (κ2) is 10.7. The number of nitrogens with zero attached hydrogens (tertiary/aromatic N) is 1. The van der Waals surface area contributed by atoms with Crippen LogP contribution in [0, 0.1) is 5.92 Å². The van der Waals surface area contributed by atoms with Gasteiger partial charge < -0.3 is 20.1 Å². The number of hydrogen-bond donors (Lipinski definition) is 2. The maximum atomic E-state index is 11.7. The van der Waals surface area contributed by atoms with Crippen LogP contribution in [-0.4, -0.2) is 44.3 Å². The standard InChI is InChI=1S/C19H31N3O3/c1-15(13-24-14-16-9-7-6-8-10-16)11-21-18(20-5)22-12-17(23)25-19(2,3)4/h6-10,15H,11-14H2,1-5H3,(H2,20,21,22). The molecule has 1 aromatic carbocycles. The number of esters is 1. The quantitative estimate of drug-likeness (QED) is 0.428. The van der Waals surface area contributed by atoms with Gasteiger partial charge in [0.1, 0.15) is 12.1 Å². The van der Waals surface area contributed by atoms with E-state index in [1.54, 1.807) is 7.05 Å². The molecule has 1 aromatic rings. The van der Waals surface area contributed by atoms with Crippen molar-refractivity contribution in [2.75, 3.05) is 26.7 Å². The van der Waals surface area contributed by atoms with Crippen LogP contribution < -0.4 is 10.6 Å². The molecule has 0 aliphatic rings. The number of ether oxygens (including phenoxy) is 2. The van der Waals surface area contributed by atoms with Crippen molar-refractivity contribution in [3.8, 4) is 0 Å². The summed E-state index contributed by atoms with van der Waals surface area (Å²) in [5.41, 5.74) is 0.679. The molecule has 0 fully saturated rings. The summed E-state index contributed by atoms with van der Waals surface area (Å²) in [5, 5.41) is 6.14. The number of nitrogens with one attached hydrogen (secondary N) is 2. The van der Waals surface area contributed by atoms with Crippen LogP contribution >= 0.6 is 0 Å². The first kappa shape index (κ1) is 21.0. The van der Waals surface area contributed by atoms with Gasteiger partial charge in [0, 0.05) is 13.6 Å². The number of benzene rings is 1. The van der Waals surface area contributed by atoms with Gasteiger partial charge >= 0.3 is 5.97 Å². The Labute approximate surface area is 151 Å². The molecule has 0 aliphatic carbocycles. The monoisotopic (exact) mass is 349 g/mol. The van der Waals surface area contributed by atoms with Crippen LogP contribution in [0.3, 0.4) is 0 Å². The molecule has 0 heterocycles. The molecule has 0 bridgehead atoms. The second-order valence-corrected chi connectivity index (χ2v) is 7.00. The average Bonchev–Trinajstić information content (AvgIpc) is 2.54. The summed E-state index contributed by atoms with van der Waals surface area (Å²) in [6, 6.07) is 10.1. The third-order valence-corrected chi connectivity index (χ3v) is 3.18. The number of carbonyl (C=O) groups excluding carboxylic acids is 1. The summed E-state index contributed by atoms with van der Waals surface area (Å²) in [6.07, 6.45) is 0. The molecule has 0 aliphatic heterocycles. The molecule has 140 valence electrons. The summed E-state index contributed by atoms with van der Waals surface area (Å²) in [6.45, 7) is 9.65. The van der Waals surface area contributed by atoms with E-state index in [4.69, 9.17) is 9.47 Å². The van der Waals surface area contributed by atoms with E-state index in [-0.39, 0.29) is 12.5 Å². The average molecular weight is 349 g/mol. The Balaban J connectivity index is 2.21. The van der Waals surface area contributed by atoms with Gasteiger partial charge in [-0.3, -0.25) is 9.79 Å². The molecule has 2 N–H and O–H groups in total. The summed E-state index contributed by atoms with van der Waals surface area (Å²) >= 11 is 0. The Morgan fingerprint density at radius 1 is 1.20 bits per heavy atom. The van der Waals surface area contributed by atoms with Crippen LogP contribution in [0.1, 0.15) is 33.3 Å². The van der Waals surface area contributed by atoms with Gasteiger partial charge in [0.2, 0.25) is 0 Å². The smallest absolute Gasteiger partial charge is 0.325 e. The predicted molar refractivity (Wildman–Crippen MR) is 100 cm³/mol. The molecule has 0 spiro atoms. The fourth-order valence-corrected chi connectivity index (χ4v) is 2.04. The van der Waals surface area contributed by atoms with Crippen molar-refractivity contribution in [1.82, 2.24) is 10.6 Å². The molecular formula is C19H31N3O3. The van der Waals surface area contributed by atoms with Crippen LogP contribution in [0.2, 0.25) is 0 Å². The zero-order valence-electron chi connectivity index (χ0n) is 16.0. The predicted octanol–water partition coefficient (Wildman–Crippen LogP) is 2.35. The highest BCUT2D eigenvalue weighted by Crippen LogP contribution is 2.06. The summed E-state index contributed by atoms with van der Waals surface area (Å²) < 4.78 is 11.0. The van der Waals surface area contributed by atoms with E-state index < -0.39 is 5.60 Å². The van der Waals surface area contributed by atoms with Crippen LogP contribution in [0.5, 0.6) is 0 Å². The molecule has 0 amide bonds. The molecule has 25 heavy (non-hydrogen) atoms. The van der Waals surface area contributed by atoms with Gasteiger partial charge in [-0.1, -0.05) is 37.3 Å². The largest absolute Gasteiger partial charge is 0.459 e. The van der Waals surface area contributed by atoms with Gasteiger partial charge in [0.15, 0.2) is 5.96 Å². The van der Waals surface area contributed by atoms with Crippen LogP contribution in [0.15, 0.2) is 35.3 Å². The second-order valence-electron chi connectivity index (χ2n) is 7.00. The molecule has 0 aromatic heterocycles. The number of aliphatic imine (C=N–C) groups is 1. The highest BCUT2D eigenvalue weighted by Gasteiger charge is 2.16. The van der Waals surface area contributed by atoms with Crippen LogP contribution in [-0.2, 0) is 20.9 Å². The van der Waals surface area contributed by atoms with E-state index in [9.17, 15) is 4.79 Å². The minimum absolute atomic E-state index is 0.0792. The molecule has 0 radical (unpaired) electrons. The molecule has 1 rings (SSSR count). The summed E-state index contributed by atoms with van der Waals surface area (Å²) in [7, 11) is 1.67. The lowest BCUT2D eigenvalue weighted by molar-refractivity contribution is -0.153. The minimum atomic E-state index is -0.486. The van der Waals surface area contributed by atoms with Gasteiger partial charge in [-0.15, -0.1) is 0 Å². The summed E-state index contributed by atoms with van der Waals surface area (Å²) in [4.78, 5) is 15.8. The van der Waals surface area contributed by atoms with Gasteiger partial charge in [-0.05, 0) is 32.3 Å². The third-order valence-electron chi connectivity index (χ3n) is 3.18. The Morgan fingerprint density at radius 2 is 1.88 bits per heavy atom. The van der Waals surface area contributed by atoms with Crippen molar-refractivity contribution in [1.29, 1.82) is 0 Å². The van der Waals surface area contributed by atoms with Crippen LogP contribution in [0.25, 0.3) is 0 Å². The molecule has 6 nitrogen and oxygen atoms in total. The molecule has 1 atom stereocenters. The van der Waals surface area contributed by atoms with E-state index >= 15 is 0 Å². The normalized spacial score (nSPS) is 13.2. The van der Waals surface area contributed by atoms with Gasteiger partial charge in [-0.2, -0.15) is 0 Å². The Morgan fingerprint density at radius 3 is 2.48 bits per heavy atom. The number of guanidine groups is 1. The van der Waals surface area contributed by atoms with Crippen molar-refractivity contribution in [3.63, 3.8) is 0 Å². The van der Waals surface area contributed by atoms with Crippen LogP contribution in [0.4, 0.5) is 0 Å². The first-order valence-electron chi connectivity index (χ1n) is 8.58. The molecule has 0 saturated heterocycles. The lowest BCUT2D eigenvalue weighted by Gasteiger charge is -2.20. The van der Waals surface area contributed by atoms with E-state index in [0.29, 0.717) is 31.6 Å². The Bertz CT molecular complexity index is 539. The first-order chi connectivity index (χ1) is 11.8. The van der Waals surface area contributed by atoms with Gasteiger partial charge in [0.05, 0.1) is 13.2 Å². The van der Waals surface area contributed by atoms with E-state index in [2.05, 4.69) is 22.5 Å². The third kappa shape index (κ3) is 10.4. The van der Waals surface area contributed by atoms with Gasteiger partial charge in [0.25, 0.3) is 0 Å². The molecule has 0 saturated carbocycles. The highest BCUT2D eigenvalue weighted by molar-refractivity contribution is 5.84. The Hall–Kier alpha value is -2.08. The number of rotatable bonds is 8. The van der Waals surface area contributed by atoms with Crippen molar-refractivity contribution in [2.45, 2.75) is 39.9 Å². The number of carbonyl (C=O) groups is 1. The lowest BCUT2D eigenvalue weighted by Crippen LogP contribution is -2.43. The molecule has 1 unspecified atom stereocenters. The zero-order chi connectivity index (χ0) is 18.7. The summed E-state index contributed by atoms with van der Waals surface area (Å²) in [5.74, 6) is 0.569. The molecule has 6 heteroatoms. The van der Waals surface area contributed by atoms with Crippen molar-refractivity contribution < 1.29 is 14.3 Å². The molecular weight excluding hydrogens is 318 g/mol. The fraction of sp³-hybridized carbons (Fsp3) is 0.579.